The van der Waals surface area contributed by atoms with Gasteiger partial charge in [-0.05, 0) is 25.2 Å². The van der Waals surface area contributed by atoms with E-state index in [9.17, 15) is 4.79 Å². The molecule has 2 nitrogen and oxygen atoms in total. The molecule has 0 spiro atoms. The normalized spacial score (nSPS) is 32.0. The van der Waals surface area contributed by atoms with Crippen molar-refractivity contribution in [1.82, 2.24) is 0 Å². The highest BCUT2D eigenvalue weighted by atomic mass is 16.4. The van der Waals surface area contributed by atoms with E-state index in [0.717, 1.165) is 6.42 Å². The summed E-state index contributed by atoms with van der Waals surface area (Å²) in [6.45, 7) is 0. The van der Waals surface area contributed by atoms with Crippen LogP contribution in [0.3, 0.4) is 0 Å². The molecule has 0 saturated heterocycles. The maximum atomic E-state index is 10.6. The van der Waals surface area contributed by atoms with Crippen LogP contribution in [0.25, 0.3) is 0 Å². The number of allylic oxidation sites excluding steroid dienone is 1. The summed E-state index contributed by atoms with van der Waals surface area (Å²) in [5, 5.41) is 8.71. The van der Waals surface area contributed by atoms with Gasteiger partial charge >= 0.3 is 5.97 Å². The van der Waals surface area contributed by atoms with Crippen LogP contribution in [0.2, 0.25) is 0 Å². The van der Waals surface area contributed by atoms with Gasteiger partial charge in [-0.3, -0.25) is 4.79 Å². The fraction of sp³-hybridized carbons (Fsp3) is 0.727. The molecule has 2 fully saturated rings. The Morgan fingerprint density at radius 2 is 2.00 bits per heavy atom. The average molecular weight is 180 g/mol. The van der Waals surface area contributed by atoms with Gasteiger partial charge in [0, 0.05) is 0 Å². The lowest BCUT2D eigenvalue weighted by Crippen LogP contribution is -2.03. The number of carboxylic acids is 1. The second-order valence-electron chi connectivity index (χ2n) is 4.23. The van der Waals surface area contributed by atoms with Crippen LogP contribution < -0.4 is 0 Å². The predicted molar refractivity (Wildman–Crippen MR) is 50.4 cm³/mol. The molecule has 1 N–H and O–H groups in total. The lowest BCUT2D eigenvalue weighted by atomic mass is 9.89. The maximum Gasteiger partial charge on any atom is 0.310 e. The average Bonchev–Trinajstić information content (AvgIpc) is 2.86. The van der Waals surface area contributed by atoms with Gasteiger partial charge in [0.1, 0.15) is 0 Å². The number of carboxylic acid groups (broad SMARTS) is 1. The molecule has 1 atom stereocenters. The molecule has 0 aromatic carbocycles. The van der Waals surface area contributed by atoms with Crippen LogP contribution in [0.5, 0.6) is 0 Å². The Morgan fingerprint density at radius 3 is 2.54 bits per heavy atom. The van der Waals surface area contributed by atoms with Crippen molar-refractivity contribution >= 4 is 5.97 Å². The highest BCUT2D eigenvalue weighted by Crippen LogP contribution is 2.40. The Hall–Kier alpha value is -0.790. The van der Waals surface area contributed by atoms with Crippen LogP contribution in [0.4, 0.5) is 0 Å². The van der Waals surface area contributed by atoms with Crippen molar-refractivity contribution in [1.29, 1.82) is 0 Å². The standard InChI is InChI=1S/C11H16O2/c12-11(13)10-7-9(10)6-8-4-2-1-3-5-8/h6,8,10H,1-5,7H2,(H,12,13)/b9-6-. The van der Waals surface area contributed by atoms with Gasteiger partial charge in [-0.2, -0.15) is 0 Å². The minimum absolute atomic E-state index is 0.123. The molecule has 2 saturated carbocycles. The third-order valence-electron chi connectivity index (χ3n) is 3.12. The van der Waals surface area contributed by atoms with Crippen molar-refractivity contribution < 1.29 is 9.90 Å². The van der Waals surface area contributed by atoms with Gasteiger partial charge in [-0.25, -0.2) is 0 Å². The Morgan fingerprint density at radius 1 is 1.31 bits per heavy atom. The fourth-order valence-corrected chi connectivity index (χ4v) is 2.21. The molecule has 2 heteroatoms. The molecule has 0 amide bonds. The van der Waals surface area contributed by atoms with E-state index in [1.807, 2.05) is 0 Å². The minimum Gasteiger partial charge on any atom is -0.481 e. The second kappa shape index (κ2) is 3.52. The quantitative estimate of drug-likeness (QED) is 0.663. The molecule has 72 valence electrons. The molecule has 1 unspecified atom stereocenters. The first kappa shape index (κ1) is 8.79. The summed E-state index contributed by atoms with van der Waals surface area (Å²) >= 11 is 0. The zero-order valence-electron chi connectivity index (χ0n) is 7.83. The van der Waals surface area contributed by atoms with Crippen LogP contribution in [-0.2, 0) is 4.79 Å². The summed E-state index contributed by atoms with van der Waals surface area (Å²) in [6, 6.07) is 0. The molecule has 0 heterocycles. The second-order valence-corrected chi connectivity index (χ2v) is 4.23. The van der Waals surface area contributed by atoms with Gasteiger partial charge in [-0.1, -0.05) is 30.9 Å². The molecule has 0 aromatic rings. The topological polar surface area (TPSA) is 37.3 Å². The van der Waals surface area contributed by atoms with Gasteiger partial charge in [0.2, 0.25) is 0 Å². The third-order valence-corrected chi connectivity index (χ3v) is 3.12. The molecule has 0 bridgehead atoms. The Labute approximate surface area is 78.6 Å². The van der Waals surface area contributed by atoms with E-state index in [-0.39, 0.29) is 5.92 Å². The van der Waals surface area contributed by atoms with Crippen molar-refractivity contribution in [2.45, 2.75) is 38.5 Å². The zero-order chi connectivity index (χ0) is 9.26. The highest BCUT2D eigenvalue weighted by molar-refractivity contribution is 5.79. The van der Waals surface area contributed by atoms with E-state index < -0.39 is 5.97 Å². The van der Waals surface area contributed by atoms with Crippen LogP contribution in [0.15, 0.2) is 11.6 Å². The van der Waals surface area contributed by atoms with Crippen molar-refractivity contribution in [3.8, 4) is 0 Å². The molecular formula is C11H16O2. The van der Waals surface area contributed by atoms with Crippen molar-refractivity contribution in [3.05, 3.63) is 11.6 Å². The first-order chi connectivity index (χ1) is 6.27. The molecule has 2 rings (SSSR count). The van der Waals surface area contributed by atoms with Gasteiger partial charge < -0.3 is 5.11 Å². The largest absolute Gasteiger partial charge is 0.481 e. The van der Waals surface area contributed by atoms with E-state index in [2.05, 4.69) is 6.08 Å². The van der Waals surface area contributed by atoms with E-state index >= 15 is 0 Å². The summed E-state index contributed by atoms with van der Waals surface area (Å²) in [4.78, 5) is 10.6. The highest BCUT2D eigenvalue weighted by Gasteiger charge is 2.36. The van der Waals surface area contributed by atoms with Crippen LogP contribution in [0, 0.1) is 11.8 Å². The molecule has 0 aliphatic heterocycles. The molecule has 13 heavy (non-hydrogen) atoms. The van der Waals surface area contributed by atoms with Crippen molar-refractivity contribution in [2.75, 3.05) is 0 Å². The molecule has 2 aliphatic carbocycles. The Balaban J connectivity index is 1.87. The number of rotatable bonds is 2. The molecule has 0 aromatic heterocycles. The number of aliphatic carboxylic acids is 1. The van der Waals surface area contributed by atoms with Crippen LogP contribution in [-0.4, -0.2) is 11.1 Å². The first-order valence-corrected chi connectivity index (χ1v) is 5.21. The fourth-order valence-electron chi connectivity index (χ4n) is 2.21. The van der Waals surface area contributed by atoms with Gasteiger partial charge in [0.05, 0.1) is 5.92 Å². The zero-order valence-corrected chi connectivity index (χ0v) is 7.83. The Kier molecular flexibility index (Phi) is 2.38. The smallest absolute Gasteiger partial charge is 0.310 e. The minimum atomic E-state index is -0.637. The third kappa shape index (κ3) is 2.11. The summed E-state index contributed by atoms with van der Waals surface area (Å²) < 4.78 is 0. The Bertz CT molecular complexity index is 236. The maximum absolute atomic E-state index is 10.6. The SMILES string of the molecule is O=C(O)C1C/C1=C/C1CCCCC1. The summed E-state index contributed by atoms with van der Waals surface area (Å²) in [5.41, 5.74) is 1.18. The van der Waals surface area contributed by atoms with Crippen molar-refractivity contribution in [2.24, 2.45) is 11.8 Å². The van der Waals surface area contributed by atoms with Crippen molar-refractivity contribution in [3.63, 3.8) is 0 Å². The summed E-state index contributed by atoms with van der Waals surface area (Å²) in [5.74, 6) is -0.0721. The molecule has 2 aliphatic rings. The van der Waals surface area contributed by atoms with E-state index in [0.29, 0.717) is 5.92 Å². The van der Waals surface area contributed by atoms with Crippen LogP contribution in [0.1, 0.15) is 38.5 Å². The van der Waals surface area contributed by atoms with Crippen LogP contribution >= 0.6 is 0 Å². The predicted octanol–water partition coefficient (Wildman–Crippen LogP) is 2.60. The summed E-state index contributed by atoms with van der Waals surface area (Å²) in [7, 11) is 0. The van der Waals surface area contributed by atoms with Gasteiger partial charge in [-0.15, -0.1) is 0 Å². The van der Waals surface area contributed by atoms with Gasteiger partial charge in [0.15, 0.2) is 0 Å². The first-order valence-electron chi connectivity index (χ1n) is 5.21. The monoisotopic (exact) mass is 180 g/mol. The number of hydrogen-bond acceptors (Lipinski definition) is 1. The number of carbonyl (C=O) groups is 1. The lowest BCUT2D eigenvalue weighted by Gasteiger charge is -2.17. The van der Waals surface area contributed by atoms with E-state index in [1.165, 1.54) is 37.7 Å². The number of hydrogen-bond donors (Lipinski definition) is 1. The van der Waals surface area contributed by atoms with E-state index in [1.54, 1.807) is 0 Å². The van der Waals surface area contributed by atoms with E-state index in [4.69, 9.17) is 5.11 Å². The molecular weight excluding hydrogens is 164 g/mol. The summed E-state index contributed by atoms with van der Waals surface area (Å²) in [6.07, 6.45) is 9.61. The van der Waals surface area contributed by atoms with Gasteiger partial charge in [0.25, 0.3) is 0 Å². The molecule has 0 radical (unpaired) electrons. The lowest BCUT2D eigenvalue weighted by molar-refractivity contribution is -0.138.